The first-order valence-electron chi connectivity index (χ1n) is 5.94. The van der Waals surface area contributed by atoms with Gasteiger partial charge in [0.15, 0.2) is 0 Å². The lowest BCUT2D eigenvalue weighted by molar-refractivity contribution is 0.112. The Bertz CT molecular complexity index is 715. The first kappa shape index (κ1) is 11.4. The smallest absolute Gasteiger partial charge is 0.150 e. The largest absolute Gasteiger partial charge is 0.457 e. The van der Waals surface area contributed by atoms with Gasteiger partial charge in [-0.1, -0.05) is 6.07 Å². The highest BCUT2D eigenvalue weighted by atomic mass is 16.5. The summed E-state index contributed by atoms with van der Waals surface area (Å²) in [5.74, 6) is 1.45. The zero-order chi connectivity index (χ0) is 13.1. The lowest BCUT2D eigenvalue weighted by Crippen LogP contribution is -1.87. The topological polar surface area (TPSA) is 39.2 Å². The number of carbonyl (C=O) groups excluding carboxylic acids is 1. The average molecular weight is 249 g/mol. The Hall–Kier alpha value is -2.68. The van der Waals surface area contributed by atoms with Gasteiger partial charge in [-0.3, -0.25) is 9.78 Å². The second-order valence-electron chi connectivity index (χ2n) is 4.12. The first-order chi connectivity index (χ1) is 9.36. The second kappa shape index (κ2) is 4.90. The highest BCUT2D eigenvalue weighted by molar-refractivity contribution is 5.85. The van der Waals surface area contributed by atoms with E-state index in [-0.39, 0.29) is 0 Å². The fourth-order valence-electron chi connectivity index (χ4n) is 1.91. The number of hydrogen-bond donors (Lipinski definition) is 0. The minimum Gasteiger partial charge on any atom is -0.457 e. The molecule has 0 saturated heterocycles. The fourth-order valence-corrected chi connectivity index (χ4v) is 1.91. The molecule has 0 atom stereocenters. The quantitative estimate of drug-likeness (QED) is 0.662. The first-order valence-corrected chi connectivity index (χ1v) is 5.94. The fraction of sp³-hybridized carbons (Fsp3) is 0. The maximum absolute atomic E-state index is 10.6. The van der Waals surface area contributed by atoms with Crippen LogP contribution in [0.5, 0.6) is 11.5 Å². The van der Waals surface area contributed by atoms with E-state index in [1.54, 1.807) is 30.5 Å². The standard InChI is InChI=1S/C16H11NO2/c18-11-12-6-8-13(9-7-12)19-16-5-1-4-15-14(16)3-2-10-17-15/h1-11H. The molecule has 0 bridgehead atoms. The van der Waals surface area contributed by atoms with E-state index < -0.39 is 0 Å². The highest BCUT2D eigenvalue weighted by Gasteiger charge is 2.03. The van der Waals surface area contributed by atoms with Crippen LogP contribution in [0.3, 0.4) is 0 Å². The molecule has 3 nitrogen and oxygen atoms in total. The molecule has 0 radical (unpaired) electrons. The van der Waals surface area contributed by atoms with Gasteiger partial charge in [0, 0.05) is 17.1 Å². The SMILES string of the molecule is O=Cc1ccc(Oc2cccc3ncccc23)cc1. The van der Waals surface area contributed by atoms with Crippen LogP contribution in [-0.4, -0.2) is 11.3 Å². The van der Waals surface area contributed by atoms with Gasteiger partial charge in [0.05, 0.1) is 5.52 Å². The van der Waals surface area contributed by atoms with E-state index in [9.17, 15) is 4.79 Å². The Morgan fingerprint density at radius 2 is 1.79 bits per heavy atom. The molecule has 0 saturated carbocycles. The van der Waals surface area contributed by atoms with Crippen molar-refractivity contribution >= 4 is 17.2 Å². The van der Waals surface area contributed by atoms with Crippen LogP contribution >= 0.6 is 0 Å². The van der Waals surface area contributed by atoms with Gasteiger partial charge in [0.1, 0.15) is 17.8 Å². The van der Waals surface area contributed by atoms with E-state index in [0.29, 0.717) is 11.3 Å². The summed E-state index contributed by atoms with van der Waals surface area (Å²) in [5, 5.41) is 0.962. The van der Waals surface area contributed by atoms with Gasteiger partial charge in [-0.15, -0.1) is 0 Å². The number of nitrogens with zero attached hydrogens (tertiary/aromatic N) is 1. The van der Waals surface area contributed by atoms with Gasteiger partial charge in [-0.05, 0) is 48.5 Å². The molecule has 19 heavy (non-hydrogen) atoms. The van der Waals surface area contributed by atoms with Crippen molar-refractivity contribution in [2.24, 2.45) is 0 Å². The monoisotopic (exact) mass is 249 g/mol. The van der Waals surface area contributed by atoms with Gasteiger partial charge in [-0.2, -0.15) is 0 Å². The lowest BCUT2D eigenvalue weighted by Gasteiger charge is -2.08. The van der Waals surface area contributed by atoms with Crippen molar-refractivity contribution in [1.82, 2.24) is 4.98 Å². The highest BCUT2D eigenvalue weighted by Crippen LogP contribution is 2.28. The molecule has 0 aliphatic rings. The third kappa shape index (κ3) is 2.31. The van der Waals surface area contributed by atoms with Crippen LogP contribution in [0.25, 0.3) is 10.9 Å². The summed E-state index contributed by atoms with van der Waals surface area (Å²) in [6.07, 6.45) is 2.57. The van der Waals surface area contributed by atoms with Gasteiger partial charge in [0.25, 0.3) is 0 Å². The Morgan fingerprint density at radius 3 is 2.58 bits per heavy atom. The van der Waals surface area contributed by atoms with Gasteiger partial charge >= 0.3 is 0 Å². The van der Waals surface area contributed by atoms with Crippen molar-refractivity contribution in [3.63, 3.8) is 0 Å². The maximum atomic E-state index is 10.6. The zero-order valence-corrected chi connectivity index (χ0v) is 10.1. The van der Waals surface area contributed by atoms with Crippen molar-refractivity contribution < 1.29 is 9.53 Å². The number of aldehydes is 1. The minimum absolute atomic E-state index is 0.631. The second-order valence-corrected chi connectivity index (χ2v) is 4.12. The summed E-state index contributed by atoms with van der Waals surface area (Å²) >= 11 is 0. The van der Waals surface area contributed by atoms with Crippen LogP contribution in [0.2, 0.25) is 0 Å². The van der Waals surface area contributed by atoms with Crippen molar-refractivity contribution in [3.8, 4) is 11.5 Å². The number of ether oxygens (including phenoxy) is 1. The molecule has 0 fully saturated rings. The number of carbonyl (C=O) groups is 1. The van der Waals surface area contributed by atoms with E-state index in [2.05, 4.69) is 4.98 Å². The summed E-state index contributed by atoms with van der Waals surface area (Å²) in [7, 11) is 0. The van der Waals surface area contributed by atoms with E-state index >= 15 is 0 Å². The Kier molecular flexibility index (Phi) is 2.94. The minimum atomic E-state index is 0.631. The van der Waals surface area contributed by atoms with Crippen LogP contribution in [-0.2, 0) is 0 Å². The Labute approximate surface area is 110 Å². The number of benzene rings is 2. The molecule has 0 aliphatic carbocycles. The predicted octanol–water partition coefficient (Wildman–Crippen LogP) is 3.84. The van der Waals surface area contributed by atoms with Gasteiger partial charge in [-0.25, -0.2) is 0 Å². The molecule has 0 spiro atoms. The van der Waals surface area contributed by atoms with Crippen LogP contribution in [0.15, 0.2) is 60.8 Å². The maximum Gasteiger partial charge on any atom is 0.150 e. The van der Waals surface area contributed by atoms with Crippen LogP contribution in [0, 0.1) is 0 Å². The third-order valence-corrected chi connectivity index (χ3v) is 2.85. The molecule has 2 aromatic carbocycles. The molecule has 3 rings (SSSR count). The van der Waals surface area contributed by atoms with Crippen molar-refractivity contribution in [1.29, 1.82) is 0 Å². The summed E-state index contributed by atoms with van der Waals surface area (Å²) in [5.41, 5.74) is 1.52. The van der Waals surface area contributed by atoms with Crippen LogP contribution < -0.4 is 4.74 Å². The predicted molar refractivity (Wildman–Crippen MR) is 73.6 cm³/mol. The van der Waals surface area contributed by atoms with Crippen LogP contribution in [0.4, 0.5) is 0 Å². The molecule has 0 aliphatic heterocycles. The molecule has 0 amide bonds. The summed E-state index contributed by atoms with van der Waals surface area (Å²) < 4.78 is 5.84. The lowest BCUT2D eigenvalue weighted by atomic mass is 10.2. The van der Waals surface area contributed by atoms with E-state index in [4.69, 9.17) is 4.74 Å². The normalized spacial score (nSPS) is 10.3. The number of fused-ring (bicyclic) bond motifs is 1. The molecule has 3 aromatic rings. The number of aromatic nitrogens is 1. The molecular weight excluding hydrogens is 238 g/mol. The number of rotatable bonds is 3. The van der Waals surface area contributed by atoms with E-state index in [1.807, 2.05) is 30.3 Å². The molecule has 3 heteroatoms. The number of pyridine rings is 1. The summed E-state index contributed by atoms with van der Waals surface area (Å²) in [6, 6.07) is 16.6. The summed E-state index contributed by atoms with van der Waals surface area (Å²) in [4.78, 5) is 14.9. The molecular formula is C16H11NO2. The Balaban J connectivity index is 1.98. The van der Waals surface area contributed by atoms with E-state index in [0.717, 1.165) is 22.9 Å². The zero-order valence-electron chi connectivity index (χ0n) is 10.1. The van der Waals surface area contributed by atoms with Crippen LogP contribution in [0.1, 0.15) is 10.4 Å². The third-order valence-electron chi connectivity index (χ3n) is 2.85. The average Bonchev–Trinajstić information content (AvgIpc) is 2.48. The molecule has 92 valence electrons. The summed E-state index contributed by atoms with van der Waals surface area (Å²) in [6.45, 7) is 0. The molecule has 0 unspecified atom stereocenters. The molecule has 0 N–H and O–H groups in total. The van der Waals surface area contributed by atoms with Gasteiger partial charge < -0.3 is 4.74 Å². The number of hydrogen-bond acceptors (Lipinski definition) is 3. The van der Waals surface area contributed by atoms with E-state index in [1.165, 1.54) is 0 Å². The van der Waals surface area contributed by atoms with Crippen molar-refractivity contribution in [2.45, 2.75) is 0 Å². The van der Waals surface area contributed by atoms with Crippen molar-refractivity contribution in [2.75, 3.05) is 0 Å². The Morgan fingerprint density at radius 1 is 0.947 bits per heavy atom. The van der Waals surface area contributed by atoms with Gasteiger partial charge in [0.2, 0.25) is 0 Å². The van der Waals surface area contributed by atoms with Crippen molar-refractivity contribution in [3.05, 3.63) is 66.4 Å². The molecule has 1 heterocycles. The molecule has 1 aromatic heterocycles.